The maximum atomic E-state index is 13.0. The van der Waals surface area contributed by atoms with E-state index in [4.69, 9.17) is 14.2 Å². The molecule has 1 saturated heterocycles. The highest BCUT2D eigenvalue weighted by Crippen LogP contribution is 2.70. The zero-order valence-corrected chi connectivity index (χ0v) is 18.9. The number of ether oxygens (including phenoxy) is 3. The summed E-state index contributed by atoms with van der Waals surface area (Å²) in [6.07, 6.45) is 8.53. The average Bonchev–Trinajstić information content (AvgIpc) is 3.27. The van der Waals surface area contributed by atoms with Gasteiger partial charge < -0.3 is 14.2 Å². The molecule has 1 spiro atoms. The first-order valence-corrected chi connectivity index (χ1v) is 11.5. The van der Waals surface area contributed by atoms with Crippen molar-refractivity contribution in [1.82, 2.24) is 0 Å². The Morgan fingerprint density at radius 1 is 1.10 bits per heavy atom. The van der Waals surface area contributed by atoms with Gasteiger partial charge in [0.1, 0.15) is 5.60 Å². The first kappa shape index (κ1) is 20.9. The molecule has 3 fully saturated rings. The van der Waals surface area contributed by atoms with Crippen molar-refractivity contribution in [2.75, 3.05) is 14.2 Å². The molecule has 0 radical (unpaired) electrons. The van der Waals surface area contributed by atoms with E-state index in [9.17, 15) is 14.4 Å². The molecule has 0 aromatic carbocycles. The summed E-state index contributed by atoms with van der Waals surface area (Å²) in [5.41, 5.74) is 0.592. The number of methoxy groups -OCH3 is 2. The minimum absolute atomic E-state index is 0.0508. The zero-order valence-electron chi connectivity index (χ0n) is 18.9. The topological polar surface area (TPSA) is 78.9 Å². The van der Waals surface area contributed by atoms with Crippen LogP contribution in [0, 0.1) is 28.6 Å². The minimum Gasteiger partial charge on any atom is -0.466 e. The maximum absolute atomic E-state index is 13.0. The SMILES string of the molecule is COC(=O)C1=CC2=CC(=O)CC[C@]2(C)C2C(OC)C[C@@]3(C)C(CCC34CCC(=O)O4)C12. The van der Waals surface area contributed by atoms with E-state index in [0.717, 1.165) is 37.7 Å². The van der Waals surface area contributed by atoms with E-state index in [1.54, 1.807) is 13.2 Å². The third-order valence-corrected chi connectivity index (χ3v) is 9.60. The van der Waals surface area contributed by atoms with E-state index in [-0.39, 0.29) is 52.4 Å². The van der Waals surface area contributed by atoms with E-state index < -0.39 is 5.60 Å². The molecule has 5 rings (SSSR count). The summed E-state index contributed by atoms with van der Waals surface area (Å²) < 4.78 is 17.4. The van der Waals surface area contributed by atoms with Crippen molar-refractivity contribution in [3.05, 3.63) is 23.3 Å². The summed E-state index contributed by atoms with van der Waals surface area (Å²) >= 11 is 0. The Balaban J connectivity index is 1.69. The Hall–Kier alpha value is -1.95. The normalized spacial score (nSPS) is 45.9. The smallest absolute Gasteiger partial charge is 0.334 e. The van der Waals surface area contributed by atoms with E-state index in [2.05, 4.69) is 13.8 Å². The molecule has 31 heavy (non-hydrogen) atoms. The molecule has 7 atom stereocenters. The summed E-state index contributed by atoms with van der Waals surface area (Å²) in [6.45, 7) is 4.46. The molecule has 6 nitrogen and oxygen atoms in total. The quantitative estimate of drug-likeness (QED) is 0.626. The number of esters is 2. The minimum atomic E-state index is -0.475. The predicted octanol–water partition coefficient (Wildman–Crippen LogP) is 3.54. The van der Waals surface area contributed by atoms with Gasteiger partial charge >= 0.3 is 11.9 Å². The number of hydrogen-bond acceptors (Lipinski definition) is 6. The lowest BCUT2D eigenvalue weighted by Gasteiger charge is -2.60. The van der Waals surface area contributed by atoms with Gasteiger partial charge in [0.15, 0.2) is 5.78 Å². The van der Waals surface area contributed by atoms with Crippen LogP contribution < -0.4 is 0 Å². The number of carbonyl (C=O) groups excluding carboxylic acids is 3. The fourth-order valence-electron chi connectivity index (χ4n) is 8.00. The molecule has 0 N–H and O–H groups in total. The summed E-state index contributed by atoms with van der Waals surface area (Å²) in [7, 11) is 3.15. The lowest BCUT2D eigenvalue weighted by atomic mass is 9.45. The Bertz CT molecular complexity index is 917. The van der Waals surface area contributed by atoms with Crippen molar-refractivity contribution in [2.24, 2.45) is 28.6 Å². The van der Waals surface area contributed by atoms with E-state index >= 15 is 0 Å². The van der Waals surface area contributed by atoms with Gasteiger partial charge in [0, 0.05) is 42.8 Å². The van der Waals surface area contributed by atoms with Crippen LogP contribution in [0.15, 0.2) is 23.3 Å². The highest BCUT2D eigenvalue weighted by atomic mass is 16.6. The van der Waals surface area contributed by atoms with Crippen molar-refractivity contribution < 1.29 is 28.6 Å². The van der Waals surface area contributed by atoms with Crippen LogP contribution in [-0.2, 0) is 28.6 Å². The monoisotopic (exact) mass is 428 g/mol. The molecular weight excluding hydrogens is 396 g/mol. The van der Waals surface area contributed by atoms with Gasteiger partial charge in [0.2, 0.25) is 0 Å². The largest absolute Gasteiger partial charge is 0.466 e. The number of hydrogen-bond donors (Lipinski definition) is 0. The second-order valence-corrected chi connectivity index (χ2v) is 10.6. The van der Waals surface area contributed by atoms with Crippen molar-refractivity contribution in [3.8, 4) is 0 Å². The fourth-order valence-corrected chi connectivity index (χ4v) is 8.00. The van der Waals surface area contributed by atoms with Crippen LogP contribution in [0.4, 0.5) is 0 Å². The van der Waals surface area contributed by atoms with Gasteiger partial charge in [-0.05, 0) is 61.2 Å². The number of carbonyl (C=O) groups is 3. The lowest BCUT2D eigenvalue weighted by Crippen LogP contribution is -2.60. The molecule has 6 heteroatoms. The Morgan fingerprint density at radius 3 is 2.52 bits per heavy atom. The van der Waals surface area contributed by atoms with Crippen LogP contribution in [0.25, 0.3) is 0 Å². The number of fused-ring (bicyclic) bond motifs is 6. The van der Waals surface area contributed by atoms with Crippen LogP contribution in [-0.4, -0.2) is 43.6 Å². The summed E-state index contributed by atoms with van der Waals surface area (Å²) in [6, 6.07) is 0. The van der Waals surface area contributed by atoms with E-state index in [1.807, 2.05) is 6.08 Å². The molecule has 4 aliphatic carbocycles. The van der Waals surface area contributed by atoms with Crippen LogP contribution in [0.3, 0.4) is 0 Å². The zero-order chi connectivity index (χ0) is 22.2. The third-order valence-electron chi connectivity index (χ3n) is 9.60. The molecule has 2 saturated carbocycles. The van der Waals surface area contributed by atoms with Crippen molar-refractivity contribution in [2.45, 2.75) is 70.5 Å². The Morgan fingerprint density at radius 2 is 1.87 bits per heavy atom. The van der Waals surface area contributed by atoms with E-state index in [1.165, 1.54) is 7.11 Å². The molecule has 0 aromatic heterocycles. The van der Waals surface area contributed by atoms with Gasteiger partial charge in [-0.15, -0.1) is 0 Å². The summed E-state index contributed by atoms with van der Waals surface area (Å²) in [5, 5.41) is 0. The van der Waals surface area contributed by atoms with Crippen molar-refractivity contribution in [1.29, 1.82) is 0 Å². The van der Waals surface area contributed by atoms with Crippen molar-refractivity contribution >= 4 is 17.7 Å². The van der Waals surface area contributed by atoms with Gasteiger partial charge in [-0.2, -0.15) is 0 Å². The molecule has 1 heterocycles. The average molecular weight is 429 g/mol. The molecule has 0 amide bonds. The number of allylic oxidation sites excluding steroid dienone is 3. The van der Waals surface area contributed by atoms with Crippen LogP contribution >= 0.6 is 0 Å². The van der Waals surface area contributed by atoms with Crippen molar-refractivity contribution in [3.63, 3.8) is 0 Å². The second-order valence-electron chi connectivity index (χ2n) is 10.6. The Labute approximate surface area is 183 Å². The number of ketones is 1. The van der Waals surface area contributed by atoms with Gasteiger partial charge in [-0.25, -0.2) is 4.79 Å². The van der Waals surface area contributed by atoms with Crippen LogP contribution in [0.5, 0.6) is 0 Å². The highest BCUT2D eigenvalue weighted by molar-refractivity contribution is 5.95. The summed E-state index contributed by atoms with van der Waals surface area (Å²) in [4.78, 5) is 37.4. The molecule has 0 aromatic rings. The molecule has 1 aliphatic heterocycles. The fraction of sp³-hybridized carbons (Fsp3) is 0.720. The van der Waals surface area contributed by atoms with Crippen LogP contribution in [0.1, 0.15) is 58.8 Å². The van der Waals surface area contributed by atoms with Gasteiger partial charge in [0.25, 0.3) is 0 Å². The van der Waals surface area contributed by atoms with Gasteiger partial charge in [0.05, 0.1) is 13.2 Å². The maximum Gasteiger partial charge on any atom is 0.334 e. The second kappa shape index (κ2) is 6.77. The predicted molar refractivity (Wildman–Crippen MR) is 112 cm³/mol. The summed E-state index contributed by atoms with van der Waals surface area (Å²) in [5.74, 6) is -0.130. The third kappa shape index (κ3) is 2.63. The molecule has 5 aliphatic rings. The molecule has 5 unspecified atom stereocenters. The molecule has 0 bridgehead atoms. The van der Waals surface area contributed by atoms with Gasteiger partial charge in [-0.1, -0.05) is 13.8 Å². The van der Waals surface area contributed by atoms with Crippen LogP contribution in [0.2, 0.25) is 0 Å². The lowest BCUT2D eigenvalue weighted by molar-refractivity contribution is -0.183. The highest BCUT2D eigenvalue weighted by Gasteiger charge is 2.70. The Kier molecular flexibility index (Phi) is 4.57. The molecular formula is C25H32O6. The standard InChI is InChI=1S/C25H32O6/c1-23-8-5-15(26)11-14(23)12-16(22(28)30-4)20-17-6-9-25(10-7-19(27)31-25)24(17,2)13-18(29-3)21(20)23/h11-12,17-18,20-21H,5-10,13H2,1-4H3/t17?,18?,20?,21?,23-,24-,25?/m0/s1. The first-order valence-electron chi connectivity index (χ1n) is 11.5. The van der Waals surface area contributed by atoms with Gasteiger partial charge in [-0.3, -0.25) is 9.59 Å². The first-order chi connectivity index (χ1) is 14.7. The van der Waals surface area contributed by atoms with E-state index in [0.29, 0.717) is 18.4 Å². The number of rotatable bonds is 2. The molecule has 168 valence electrons.